The topological polar surface area (TPSA) is 94.4 Å². The third-order valence-electron chi connectivity index (χ3n) is 5.65. The second kappa shape index (κ2) is 8.33. The maximum atomic E-state index is 14.0. The van der Waals surface area contributed by atoms with Crippen molar-refractivity contribution in [2.24, 2.45) is 4.99 Å². The molecular weight excluding hydrogens is 393 g/mol. The van der Waals surface area contributed by atoms with Gasteiger partial charge in [0.05, 0.1) is 5.71 Å². The fourth-order valence-electron chi connectivity index (χ4n) is 4.28. The largest absolute Gasteiger partial charge is 0.760 e. The Bertz CT molecular complexity index is 988. The summed E-state index contributed by atoms with van der Waals surface area (Å²) in [4.78, 5) is 8.67. The molecule has 2 heterocycles. The molecule has 7 nitrogen and oxygen atoms in total. The van der Waals surface area contributed by atoms with Crippen LogP contribution in [0.1, 0.15) is 54.0 Å². The number of aromatic nitrogens is 2. The monoisotopic (exact) mass is 418 g/mol. The van der Waals surface area contributed by atoms with Crippen molar-refractivity contribution >= 4 is 22.8 Å². The normalized spacial score (nSPS) is 18.8. The van der Waals surface area contributed by atoms with Crippen LogP contribution in [0.2, 0.25) is 0 Å². The minimum atomic E-state index is -2.34. The van der Waals surface area contributed by atoms with Crippen LogP contribution in [0.15, 0.2) is 17.1 Å². The van der Waals surface area contributed by atoms with E-state index in [1.54, 1.807) is 6.92 Å². The average Bonchev–Trinajstić information content (AvgIpc) is 3.26. The Morgan fingerprint density at radius 2 is 2.07 bits per heavy atom. The van der Waals surface area contributed by atoms with Gasteiger partial charge >= 0.3 is 0 Å². The van der Waals surface area contributed by atoms with Crippen LogP contribution in [-0.4, -0.2) is 37.0 Å². The maximum Gasteiger partial charge on any atom is 0.265 e. The summed E-state index contributed by atoms with van der Waals surface area (Å²) in [5.74, 6) is 1.33. The van der Waals surface area contributed by atoms with Crippen LogP contribution >= 0.6 is 0 Å². The molecule has 0 radical (unpaired) electrons. The van der Waals surface area contributed by atoms with Gasteiger partial charge in [-0.1, -0.05) is 19.1 Å². The van der Waals surface area contributed by atoms with Crippen LogP contribution in [-0.2, 0) is 43.5 Å². The van der Waals surface area contributed by atoms with E-state index in [0.29, 0.717) is 30.2 Å². The Morgan fingerprint density at radius 3 is 2.76 bits per heavy atom. The number of aryl methyl sites for hydroxylation is 3. The van der Waals surface area contributed by atoms with Crippen molar-refractivity contribution in [1.29, 1.82) is 0 Å². The molecule has 0 bridgehead atoms. The van der Waals surface area contributed by atoms with Crippen molar-refractivity contribution < 1.29 is 13.2 Å². The lowest BCUT2D eigenvalue weighted by Gasteiger charge is -2.19. The maximum absolute atomic E-state index is 14.0. The van der Waals surface area contributed by atoms with Gasteiger partial charge in [0, 0.05) is 30.8 Å². The van der Waals surface area contributed by atoms with Gasteiger partial charge < -0.3 is 14.4 Å². The molecule has 2 atom stereocenters. The molecule has 0 amide bonds. The van der Waals surface area contributed by atoms with Gasteiger partial charge in [-0.15, -0.1) is 0 Å². The quantitative estimate of drug-likeness (QED) is 0.533. The number of aliphatic imine (C=N–C) groups is 1. The van der Waals surface area contributed by atoms with Crippen LogP contribution in [0.3, 0.4) is 0 Å². The summed E-state index contributed by atoms with van der Waals surface area (Å²) in [6.07, 6.45) is 3.45. The average molecular weight is 419 g/mol. The number of benzene rings is 1. The first-order chi connectivity index (χ1) is 14.0. The molecular formula is C20H25FN5O2S-. The number of nitrogens with one attached hydrogen (secondary N) is 2. The van der Waals surface area contributed by atoms with E-state index >= 15 is 0 Å². The van der Waals surface area contributed by atoms with E-state index in [1.807, 2.05) is 4.57 Å². The summed E-state index contributed by atoms with van der Waals surface area (Å²) < 4.78 is 40.0. The summed E-state index contributed by atoms with van der Waals surface area (Å²) in [6.45, 7) is 4.44. The zero-order valence-electron chi connectivity index (χ0n) is 16.6. The molecule has 2 aromatic rings. The van der Waals surface area contributed by atoms with Crippen LogP contribution in [0.25, 0.3) is 0 Å². The van der Waals surface area contributed by atoms with E-state index in [4.69, 9.17) is 4.98 Å². The fraction of sp³-hybridized carbons (Fsp3) is 0.500. The first kappa shape index (κ1) is 20.2. The Morgan fingerprint density at radius 1 is 1.34 bits per heavy atom. The molecule has 1 aliphatic carbocycles. The number of halogens is 1. The molecule has 29 heavy (non-hydrogen) atoms. The summed E-state index contributed by atoms with van der Waals surface area (Å²) in [5, 5.41) is 2.74. The summed E-state index contributed by atoms with van der Waals surface area (Å²) >= 11 is -2.34. The van der Waals surface area contributed by atoms with Crippen molar-refractivity contribution in [3.8, 4) is 0 Å². The van der Waals surface area contributed by atoms with E-state index in [9.17, 15) is 13.2 Å². The van der Waals surface area contributed by atoms with Crippen molar-refractivity contribution in [1.82, 2.24) is 14.3 Å². The minimum Gasteiger partial charge on any atom is -0.760 e. The molecule has 0 saturated heterocycles. The summed E-state index contributed by atoms with van der Waals surface area (Å²) in [5.41, 5.74) is 6.54. The Hall–Kier alpha value is -2.10. The molecule has 2 N–H and O–H groups in total. The van der Waals surface area contributed by atoms with Gasteiger partial charge in [0.1, 0.15) is 17.3 Å². The highest BCUT2D eigenvalue weighted by molar-refractivity contribution is 7.77. The fourth-order valence-corrected chi connectivity index (χ4v) is 4.54. The van der Waals surface area contributed by atoms with E-state index in [1.165, 1.54) is 28.7 Å². The molecule has 2 unspecified atom stereocenters. The van der Waals surface area contributed by atoms with Crippen molar-refractivity contribution in [2.75, 3.05) is 11.9 Å². The number of nitrogens with zero attached hydrogens (tertiary/aromatic N) is 3. The van der Waals surface area contributed by atoms with Gasteiger partial charge in [-0.25, -0.2) is 14.7 Å². The Kier molecular flexibility index (Phi) is 5.80. The number of imidazole rings is 1. The molecule has 1 aromatic heterocycles. The van der Waals surface area contributed by atoms with E-state index in [0.717, 1.165) is 25.1 Å². The Balaban J connectivity index is 1.71. The second-order valence-corrected chi connectivity index (χ2v) is 8.23. The third-order valence-corrected chi connectivity index (χ3v) is 6.09. The predicted octanol–water partition coefficient (Wildman–Crippen LogP) is 2.40. The van der Waals surface area contributed by atoms with Crippen molar-refractivity contribution in [3.05, 3.63) is 45.9 Å². The molecule has 4 rings (SSSR count). The Labute approximate surface area is 172 Å². The predicted molar refractivity (Wildman–Crippen MR) is 111 cm³/mol. The summed E-state index contributed by atoms with van der Waals surface area (Å²) in [6, 6.07) is 4.60. The summed E-state index contributed by atoms with van der Waals surface area (Å²) in [7, 11) is 0. The van der Waals surface area contributed by atoms with Crippen LogP contribution in [0, 0.1) is 0 Å². The number of anilines is 1. The standard InChI is InChI=1S/C20H26FN5O2S/c1-3-13-9-14-5-4-6-15(14)10-16(13)11-17-24-18-12(2)23-20(21)25-19(18)26(17)8-7-22-29(27)28/h9-10,20,22,25H,3-8,11H2,1-2H3,(H,27,28)/p-1. The SMILES string of the molecule is CCc1cc2c(cc1Cc1nc3c(n1CCNS(=O)[O-])NC(F)N=C3C)CCC2. The molecule has 0 spiro atoms. The highest BCUT2D eigenvalue weighted by Crippen LogP contribution is 2.30. The number of fused-ring (bicyclic) bond motifs is 2. The van der Waals surface area contributed by atoms with Gasteiger partial charge in [0.2, 0.25) is 0 Å². The van der Waals surface area contributed by atoms with Gasteiger partial charge in [0.15, 0.2) is 0 Å². The molecule has 1 aliphatic heterocycles. The van der Waals surface area contributed by atoms with Gasteiger partial charge in [-0.3, -0.25) is 4.21 Å². The first-order valence-electron chi connectivity index (χ1n) is 9.97. The lowest BCUT2D eigenvalue weighted by atomic mass is 9.96. The number of hydrogen-bond donors (Lipinski definition) is 2. The third kappa shape index (κ3) is 4.12. The first-order valence-corrected chi connectivity index (χ1v) is 11.0. The zero-order valence-corrected chi connectivity index (χ0v) is 17.4. The van der Waals surface area contributed by atoms with Gasteiger partial charge in [-0.05, 0) is 54.9 Å². The van der Waals surface area contributed by atoms with Crippen molar-refractivity contribution in [3.63, 3.8) is 0 Å². The van der Waals surface area contributed by atoms with Crippen LogP contribution in [0.4, 0.5) is 10.2 Å². The molecule has 0 saturated carbocycles. The van der Waals surface area contributed by atoms with Gasteiger partial charge in [0.25, 0.3) is 6.42 Å². The van der Waals surface area contributed by atoms with Crippen molar-refractivity contribution in [2.45, 2.75) is 58.9 Å². The number of rotatable bonds is 7. The zero-order chi connectivity index (χ0) is 20.5. The van der Waals surface area contributed by atoms with Gasteiger partial charge in [-0.2, -0.15) is 4.39 Å². The van der Waals surface area contributed by atoms with E-state index < -0.39 is 17.7 Å². The van der Waals surface area contributed by atoms with Crippen LogP contribution in [0.5, 0.6) is 0 Å². The lowest BCUT2D eigenvalue weighted by Crippen LogP contribution is -2.26. The number of hydrogen-bond acceptors (Lipinski definition) is 5. The van der Waals surface area contributed by atoms with Crippen LogP contribution < -0.4 is 10.0 Å². The lowest BCUT2D eigenvalue weighted by molar-refractivity contribution is 0.382. The highest BCUT2D eigenvalue weighted by Gasteiger charge is 2.26. The van der Waals surface area contributed by atoms with E-state index in [-0.39, 0.29) is 6.54 Å². The number of alkyl halides is 1. The molecule has 1 aromatic carbocycles. The molecule has 2 aliphatic rings. The molecule has 9 heteroatoms. The van der Waals surface area contributed by atoms with E-state index in [2.05, 4.69) is 34.1 Å². The molecule has 156 valence electrons. The second-order valence-electron chi connectivity index (χ2n) is 7.47. The molecule has 0 fully saturated rings. The minimum absolute atomic E-state index is 0.200. The highest BCUT2D eigenvalue weighted by atomic mass is 32.2. The smallest absolute Gasteiger partial charge is 0.265 e.